The molecule has 2 heterocycles. The second kappa shape index (κ2) is 10.9. The fraction of sp³-hybridized carbons (Fsp3) is 0.591. The summed E-state index contributed by atoms with van der Waals surface area (Å²) in [4.78, 5) is 9.08. The summed E-state index contributed by atoms with van der Waals surface area (Å²) in [5, 5.41) is 11.8. The first kappa shape index (κ1) is 23.6. The van der Waals surface area contributed by atoms with Crippen molar-refractivity contribution in [2.75, 3.05) is 13.6 Å². The maximum absolute atomic E-state index is 4.61. The van der Waals surface area contributed by atoms with Crippen LogP contribution in [0.15, 0.2) is 35.3 Å². The first-order valence-electron chi connectivity index (χ1n) is 10.6. The van der Waals surface area contributed by atoms with E-state index in [4.69, 9.17) is 0 Å². The van der Waals surface area contributed by atoms with E-state index in [9.17, 15) is 0 Å². The Balaban J connectivity index is 0.00000300. The summed E-state index contributed by atoms with van der Waals surface area (Å²) in [5.41, 5.74) is 1.50. The van der Waals surface area contributed by atoms with Crippen LogP contribution in [0.3, 0.4) is 0 Å². The molecule has 0 spiro atoms. The Morgan fingerprint density at radius 3 is 2.55 bits per heavy atom. The van der Waals surface area contributed by atoms with Gasteiger partial charge in [-0.3, -0.25) is 4.99 Å². The number of aryl methyl sites for hydroxylation is 2. The van der Waals surface area contributed by atoms with Crippen LogP contribution >= 0.6 is 24.0 Å². The Kier molecular flexibility index (Phi) is 8.92. The highest BCUT2D eigenvalue weighted by Crippen LogP contribution is 2.30. The minimum Gasteiger partial charge on any atom is -0.356 e. The van der Waals surface area contributed by atoms with Gasteiger partial charge >= 0.3 is 0 Å². The summed E-state index contributed by atoms with van der Waals surface area (Å²) in [6, 6.07) is 11.1. The molecule has 1 aliphatic rings. The highest BCUT2D eigenvalue weighted by Gasteiger charge is 2.29. The van der Waals surface area contributed by atoms with Crippen LogP contribution in [0.5, 0.6) is 0 Å². The van der Waals surface area contributed by atoms with Crippen molar-refractivity contribution in [2.45, 2.75) is 70.9 Å². The van der Waals surface area contributed by atoms with Gasteiger partial charge in [-0.1, -0.05) is 51.1 Å². The Hall–Kier alpha value is -1.64. The third-order valence-corrected chi connectivity index (χ3v) is 6.12. The number of hydrogen-bond acceptors (Lipinski definition) is 3. The largest absolute Gasteiger partial charge is 0.356 e. The van der Waals surface area contributed by atoms with Crippen molar-refractivity contribution >= 4 is 29.9 Å². The summed E-state index contributed by atoms with van der Waals surface area (Å²) < 4.78 is 2.06. The number of fused-ring (bicyclic) bond motifs is 1. The molecule has 1 aromatic heterocycles. The summed E-state index contributed by atoms with van der Waals surface area (Å²) in [6.45, 7) is 8.35. The SMILES string of the molecule is CCc1nc2n(n1)CC(NC(=NC)NCC(CC)(CC)c1ccccc1)CC2.I. The topological polar surface area (TPSA) is 67.1 Å². The number of nitrogens with one attached hydrogen (secondary N) is 2. The van der Waals surface area contributed by atoms with Gasteiger partial charge in [-0.05, 0) is 24.8 Å². The van der Waals surface area contributed by atoms with Crippen molar-refractivity contribution in [3.63, 3.8) is 0 Å². The average Bonchev–Trinajstić information content (AvgIpc) is 3.17. The van der Waals surface area contributed by atoms with Crippen LogP contribution in [-0.4, -0.2) is 40.4 Å². The minimum atomic E-state index is 0. The molecule has 3 rings (SSSR count). The van der Waals surface area contributed by atoms with E-state index in [0.29, 0.717) is 6.04 Å². The maximum Gasteiger partial charge on any atom is 0.191 e. The number of guanidine groups is 1. The molecule has 0 amide bonds. The third-order valence-electron chi connectivity index (χ3n) is 6.12. The molecule has 0 aliphatic carbocycles. The first-order chi connectivity index (χ1) is 13.6. The van der Waals surface area contributed by atoms with Gasteiger partial charge in [-0.25, -0.2) is 9.67 Å². The molecular formula is C22H35IN6. The van der Waals surface area contributed by atoms with E-state index < -0.39 is 0 Å². The Morgan fingerprint density at radius 1 is 1.21 bits per heavy atom. The van der Waals surface area contributed by atoms with Crippen molar-refractivity contribution in [1.82, 2.24) is 25.4 Å². The summed E-state index contributed by atoms with van der Waals surface area (Å²) in [6.07, 6.45) is 5.07. The molecule has 1 aliphatic heterocycles. The molecule has 1 aromatic carbocycles. The van der Waals surface area contributed by atoms with E-state index in [-0.39, 0.29) is 29.4 Å². The van der Waals surface area contributed by atoms with Gasteiger partial charge in [0.05, 0.1) is 6.54 Å². The molecule has 0 fully saturated rings. The Morgan fingerprint density at radius 2 is 1.93 bits per heavy atom. The third kappa shape index (κ3) is 5.49. The van der Waals surface area contributed by atoms with E-state index in [2.05, 4.69) is 81.5 Å². The summed E-state index contributed by atoms with van der Waals surface area (Å²) >= 11 is 0. The van der Waals surface area contributed by atoms with E-state index in [0.717, 1.165) is 62.8 Å². The normalized spacial score (nSPS) is 16.7. The van der Waals surface area contributed by atoms with E-state index in [1.807, 2.05) is 7.05 Å². The molecule has 160 valence electrons. The van der Waals surface area contributed by atoms with Gasteiger partial charge in [-0.15, -0.1) is 24.0 Å². The molecule has 7 heteroatoms. The lowest BCUT2D eigenvalue weighted by molar-refractivity contribution is 0.375. The highest BCUT2D eigenvalue weighted by molar-refractivity contribution is 14.0. The van der Waals surface area contributed by atoms with Crippen LogP contribution in [0, 0.1) is 0 Å². The zero-order valence-corrected chi connectivity index (χ0v) is 20.4. The highest BCUT2D eigenvalue weighted by atomic mass is 127. The molecule has 1 unspecified atom stereocenters. The number of halogens is 1. The van der Waals surface area contributed by atoms with Gasteiger partial charge in [-0.2, -0.15) is 5.10 Å². The minimum absolute atomic E-state index is 0. The van der Waals surface area contributed by atoms with Gasteiger partial charge in [0.15, 0.2) is 11.8 Å². The quantitative estimate of drug-likeness (QED) is 0.339. The zero-order chi connectivity index (χ0) is 20.0. The van der Waals surface area contributed by atoms with Crippen LogP contribution in [0.1, 0.15) is 57.2 Å². The molecule has 0 bridgehead atoms. The molecule has 0 saturated heterocycles. The van der Waals surface area contributed by atoms with E-state index >= 15 is 0 Å². The average molecular weight is 510 g/mol. The molecule has 1 atom stereocenters. The van der Waals surface area contributed by atoms with Crippen molar-refractivity contribution in [3.8, 4) is 0 Å². The number of aromatic nitrogens is 3. The van der Waals surface area contributed by atoms with Crippen molar-refractivity contribution in [1.29, 1.82) is 0 Å². The molecular weight excluding hydrogens is 475 g/mol. The number of rotatable bonds is 7. The van der Waals surface area contributed by atoms with Gasteiger partial charge in [0.25, 0.3) is 0 Å². The first-order valence-corrected chi connectivity index (χ1v) is 10.6. The summed E-state index contributed by atoms with van der Waals surface area (Å²) in [7, 11) is 1.84. The van der Waals surface area contributed by atoms with E-state index in [1.165, 1.54) is 5.56 Å². The monoisotopic (exact) mass is 510 g/mol. The second-order valence-corrected chi connectivity index (χ2v) is 7.64. The van der Waals surface area contributed by atoms with Crippen molar-refractivity contribution in [2.24, 2.45) is 4.99 Å². The standard InChI is InChI=1S/C22H34N6.HI/c1-5-19-26-20-14-13-18(15-28(20)27-19)25-21(23-4)24-16-22(6-2,7-3)17-11-9-8-10-12-17;/h8-12,18H,5-7,13-16H2,1-4H3,(H2,23,24,25);1H. The van der Waals surface area contributed by atoms with Crippen LogP contribution < -0.4 is 10.6 Å². The smallest absolute Gasteiger partial charge is 0.191 e. The van der Waals surface area contributed by atoms with Crippen LogP contribution in [0.2, 0.25) is 0 Å². The van der Waals surface area contributed by atoms with Crippen LogP contribution in [0.4, 0.5) is 0 Å². The lowest BCUT2D eigenvalue weighted by atomic mass is 9.76. The van der Waals surface area contributed by atoms with Crippen molar-refractivity contribution < 1.29 is 0 Å². The lowest BCUT2D eigenvalue weighted by Crippen LogP contribution is -2.50. The maximum atomic E-state index is 4.61. The number of nitrogens with zero attached hydrogens (tertiary/aromatic N) is 4. The second-order valence-electron chi connectivity index (χ2n) is 7.64. The van der Waals surface area contributed by atoms with Crippen molar-refractivity contribution in [3.05, 3.63) is 47.5 Å². The predicted octanol–water partition coefficient (Wildman–Crippen LogP) is 3.70. The molecule has 2 N–H and O–H groups in total. The van der Waals surface area contributed by atoms with Gasteiger partial charge in [0.2, 0.25) is 0 Å². The molecule has 0 saturated carbocycles. The van der Waals surface area contributed by atoms with Gasteiger partial charge < -0.3 is 10.6 Å². The molecule has 0 radical (unpaired) electrons. The number of hydrogen-bond donors (Lipinski definition) is 2. The Labute approximate surface area is 192 Å². The fourth-order valence-corrected chi connectivity index (χ4v) is 4.07. The summed E-state index contributed by atoms with van der Waals surface area (Å²) in [5.74, 6) is 2.92. The molecule has 2 aromatic rings. The van der Waals surface area contributed by atoms with Crippen LogP contribution in [0.25, 0.3) is 0 Å². The van der Waals surface area contributed by atoms with Gasteiger partial charge in [0.1, 0.15) is 5.82 Å². The Bertz CT molecular complexity index is 782. The van der Waals surface area contributed by atoms with E-state index in [1.54, 1.807) is 0 Å². The predicted molar refractivity (Wildman–Crippen MR) is 130 cm³/mol. The fourth-order valence-electron chi connectivity index (χ4n) is 4.07. The lowest BCUT2D eigenvalue weighted by Gasteiger charge is -2.34. The number of aliphatic imine (C=N–C) groups is 1. The van der Waals surface area contributed by atoms with Crippen LogP contribution in [-0.2, 0) is 24.8 Å². The van der Waals surface area contributed by atoms with Gasteiger partial charge in [0, 0.05) is 37.9 Å². The molecule has 6 nitrogen and oxygen atoms in total. The zero-order valence-electron chi connectivity index (χ0n) is 18.1. The number of benzene rings is 1. The molecule has 29 heavy (non-hydrogen) atoms.